The number of aromatic amines is 1. The lowest BCUT2D eigenvalue weighted by Crippen LogP contribution is -2.21. The average molecular weight is 683 g/mol. The maximum Gasteiger partial charge on any atom is 0.434 e. The number of rotatable bonds is 10. The van der Waals surface area contributed by atoms with Crippen LogP contribution >= 0.6 is 0 Å². The van der Waals surface area contributed by atoms with Gasteiger partial charge < -0.3 is 14.2 Å². The molecule has 0 aliphatic heterocycles. The first-order valence-electron chi connectivity index (χ1n) is 16.1. The van der Waals surface area contributed by atoms with Gasteiger partial charge in [0.25, 0.3) is 5.56 Å². The summed E-state index contributed by atoms with van der Waals surface area (Å²) in [4.78, 5) is 40.9. The van der Waals surface area contributed by atoms with Crippen LogP contribution in [0, 0.1) is 0 Å². The van der Waals surface area contributed by atoms with E-state index in [1.54, 1.807) is 39.2 Å². The standard InChI is InChI=1S/C35H33F3N10O2/c1-19(2)48-16-27(35(36,37)38)43-31(48)21-11-12-22(23(13-21)14-26-24-7-5-6-8-25(24)32(49)46-45-26)15-47(3)34-42-18-40-30(44-34)28-29(20-9-10-20)39-17-41-33(28)50-4/h5-8,11-13,16-20H,9-10,14-15H2,1-4H3,(H,46,49). The topological polar surface area (TPSA) is 140 Å². The second-order valence-corrected chi connectivity index (χ2v) is 12.5. The van der Waals surface area contributed by atoms with Crippen molar-refractivity contribution in [2.45, 2.75) is 57.8 Å². The summed E-state index contributed by atoms with van der Waals surface area (Å²) >= 11 is 0. The Morgan fingerprint density at radius 3 is 2.48 bits per heavy atom. The Hall–Kier alpha value is -5.73. The fourth-order valence-corrected chi connectivity index (χ4v) is 6.04. The van der Waals surface area contributed by atoms with Crippen LogP contribution in [0.3, 0.4) is 0 Å². The van der Waals surface area contributed by atoms with E-state index in [2.05, 4.69) is 35.1 Å². The number of H-pyrrole nitrogens is 1. The molecule has 7 rings (SSSR count). The van der Waals surface area contributed by atoms with Gasteiger partial charge >= 0.3 is 6.18 Å². The number of aromatic nitrogens is 9. The number of nitrogens with zero attached hydrogens (tertiary/aromatic N) is 9. The van der Waals surface area contributed by atoms with Crippen molar-refractivity contribution < 1.29 is 17.9 Å². The lowest BCUT2D eigenvalue weighted by Gasteiger charge is -2.21. The number of hydrogen-bond donors (Lipinski definition) is 1. The van der Waals surface area contributed by atoms with Gasteiger partial charge in [-0.15, -0.1) is 0 Å². The molecule has 1 saturated carbocycles. The van der Waals surface area contributed by atoms with Crippen LogP contribution in [0.1, 0.15) is 66.9 Å². The maximum atomic E-state index is 13.8. The van der Waals surface area contributed by atoms with E-state index in [4.69, 9.17) is 9.72 Å². The van der Waals surface area contributed by atoms with Gasteiger partial charge in [0, 0.05) is 49.1 Å². The van der Waals surface area contributed by atoms with Gasteiger partial charge in [-0.25, -0.2) is 30.0 Å². The molecule has 2 aromatic carbocycles. The summed E-state index contributed by atoms with van der Waals surface area (Å²) in [6, 6.07) is 12.3. The van der Waals surface area contributed by atoms with Crippen LogP contribution < -0.4 is 15.2 Å². The summed E-state index contributed by atoms with van der Waals surface area (Å²) in [5.41, 5.74) is 2.93. The Kier molecular flexibility index (Phi) is 8.49. The second kappa shape index (κ2) is 12.9. The third-order valence-electron chi connectivity index (χ3n) is 8.71. The second-order valence-electron chi connectivity index (χ2n) is 12.5. The number of halogens is 3. The Labute approximate surface area is 284 Å². The minimum atomic E-state index is -4.60. The summed E-state index contributed by atoms with van der Waals surface area (Å²) in [7, 11) is 3.38. The molecule has 50 heavy (non-hydrogen) atoms. The summed E-state index contributed by atoms with van der Waals surface area (Å²) in [5.74, 6) is 1.64. The predicted molar refractivity (Wildman–Crippen MR) is 180 cm³/mol. The molecule has 0 bridgehead atoms. The number of hydrogen-bond acceptors (Lipinski definition) is 10. The van der Waals surface area contributed by atoms with E-state index in [0.717, 1.165) is 35.9 Å². The third-order valence-corrected chi connectivity index (χ3v) is 8.71. The zero-order valence-electron chi connectivity index (χ0n) is 27.7. The molecule has 0 saturated heterocycles. The van der Waals surface area contributed by atoms with Crippen molar-refractivity contribution >= 4 is 16.7 Å². The molecule has 0 amide bonds. The lowest BCUT2D eigenvalue weighted by molar-refractivity contribution is -0.140. The highest BCUT2D eigenvalue weighted by atomic mass is 19.4. The Bertz CT molecular complexity index is 2260. The van der Waals surface area contributed by atoms with Crippen LogP contribution in [0.2, 0.25) is 0 Å². The van der Waals surface area contributed by atoms with Crippen LogP contribution in [-0.4, -0.2) is 58.8 Å². The molecule has 1 aliphatic rings. The Balaban J connectivity index is 1.29. The SMILES string of the molecule is COc1ncnc(C2CC2)c1-c1ncnc(N(C)Cc2ccc(-c3nc(C(F)(F)F)cn3C(C)C)cc2Cc2n[nH]c(=O)c3ccccc23)n1. The number of methoxy groups -OCH3 is 1. The van der Waals surface area contributed by atoms with E-state index >= 15 is 0 Å². The molecule has 12 nitrogen and oxygen atoms in total. The maximum absolute atomic E-state index is 13.8. The Morgan fingerprint density at radius 2 is 1.76 bits per heavy atom. The van der Waals surface area contributed by atoms with Crippen molar-refractivity contribution in [3.63, 3.8) is 0 Å². The van der Waals surface area contributed by atoms with Crippen molar-refractivity contribution in [1.82, 2.24) is 44.7 Å². The molecule has 4 aromatic heterocycles. The fourth-order valence-electron chi connectivity index (χ4n) is 6.04. The molecular weight excluding hydrogens is 649 g/mol. The summed E-state index contributed by atoms with van der Waals surface area (Å²) < 4.78 is 48.4. The molecule has 0 atom stereocenters. The number of benzene rings is 2. The molecule has 15 heteroatoms. The van der Waals surface area contributed by atoms with Crippen LogP contribution in [0.25, 0.3) is 33.5 Å². The van der Waals surface area contributed by atoms with Crippen molar-refractivity contribution in [2.24, 2.45) is 0 Å². The van der Waals surface area contributed by atoms with Crippen LogP contribution in [0.4, 0.5) is 19.1 Å². The van der Waals surface area contributed by atoms with Crippen LogP contribution in [-0.2, 0) is 19.1 Å². The van der Waals surface area contributed by atoms with E-state index in [-0.39, 0.29) is 29.8 Å². The van der Waals surface area contributed by atoms with E-state index in [1.165, 1.54) is 17.2 Å². The molecule has 256 valence electrons. The summed E-state index contributed by atoms with van der Waals surface area (Å²) in [5, 5.41) is 8.12. The van der Waals surface area contributed by atoms with E-state index in [1.807, 2.05) is 36.2 Å². The van der Waals surface area contributed by atoms with Gasteiger partial charge in [-0.3, -0.25) is 4.79 Å². The summed E-state index contributed by atoms with van der Waals surface area (Å²) in [6.07, 6.45) is 1.65. The van der Waals surface area contributed by atoms with Crippen molar-refractivity contribution in [1.29, 1.82) is 0 Å². The van der Waals surface area contributed by atoms with E-state index in [9.17, 15) is 18.0 Å². The molecular formula is C35H33F3N10O2. The van der Waals surface area contributed by atoms with Crippen molar-refractivity contribution in [2.75, 3.05) is 19.1 Å². The molecule has 1 aliphatic carbocycles. The lowest BCUT2D eigenvalue weighted by atomic mass is 9.97. The number of imidazole rings is 1. The zero-order valence-corrected chi connectivity index (χ0v) is 27.7. The normalized spacial score (nSPS) is 13.3. The fraction of sp³-hybridized carbons (Fsp3) is 0.314. The number of anilines is 1. The largest absolute Gasteiger partial charge is 0.480 e. The average Bonchev–Trinajstić information content (AvgIpc) is 3.85. The monoisotopic (exact) mass is 682 g/mol. The third kappa shape index (κ3) is 6.37. The Morgan fingerprint density at radius 1 is 1.00 bits per heavy atom. The molecule has 0 radical (unpaired) electrons. The first-order chi connectivity index (χ1) is 24.0. The van der Waals surface area contributed by atoms with Gasteiger partial charge in [-0.05, 0) is 49.9 Å². The minimum absolute atomic E-state index is 0.195. The minimum Gasteiger partial charge on any atom is -0.480 e. The van der Waals surface area contributed by atoms with Gasteiger partial charge in [-0.2, -0.15) is 23.3 Å². The number of alkyl halides is 3. The molecule has 1 fully saturated rings. The first-order valence-corrected chi connectivity index (χ1v) is 16.1. The molecule has 4 heterocycles. The van der Waals surface area contributed by atoms with Crippen LogP contribution in [0.5, 0.6) is 5.88 Å². The van der Waals surface area contributed by atoms with Crippen molar-refractivity contribution in [3.8, 4) is 28.7 Å². The zero-order chi connectivity index (χ0) is 35.2. The number of fused-ring (bicyclic) bond motifs is 1. The molecule has 0 spiro atoms. The highest BCUT2D eigenvalue weighted by Gasteiger charge is 2.35. The predicted octanol–water partition coefficient (Wildman–Crippen LogP) is 6.14. The van der Waals surface area contributed by atoms with Crippen LogP contribution in [0.15, 0.2) is 66.1 Å². The van der Waals surface area contributed by atoms with Crippen molar-refractivity contribution in [3.05, 3.63) is 99.9 Å². The van der Waals surface area contributed by atoms with Gasteiger partial charge in [0.05, 0.1) is 23.9 Å². The van der Waals surface area contributed by atoms with E-state index in [0.29, 0.717) is 51.8 Å². The number of ether oxygens (including phenoxy) is 1. The van der Waals surface area contributed by atoms with Gasteiger partial charge in [-0.1, -0.05) is 30.3 Å². The highest BCUT2D eigenvalue weighted by Crippen LogP contribution is 2.45. The van der Waals surface area contributed by atoms with Gasteiger partial charge in [0.2, 0.25) is 11.8 Å². The van der Waals surface area contributed by atoms with Gasteiger partial charge in [0.1, 0.15) is 24.0 Å². The first kappa shape index (κ1) is 32.8. The number of nitrogens with one attached hydrogen (secondary N) is 1. The molecule has 6 aromatic rings. The smallest absolute Gasteiger partial charge is 0.434 e. The molecule has 0 unspecified atom stereocenters. The van der Waals surface area contributed by atoms with Gasteiger partial charge in [0.15, 0.2) is 11.5 Å². The van der Waals surface area contributed by atoms with E-state index < -0.39 is 11.9 Å². The summed E-state index contributed by atoms with van der Waals surface area (Å²) in [6.45, 7) is 3.93. The highest BCUT2D eigenvalue weighted by molar-refractivity contribution is 5.83. The quantitative estimate of drug-likeness (QED) is 0.179. The molecule has 1 N–H and O–H groups in total.